The third-order valence-electron chi connectivity index (χ3n) is 5.75. The van der Waals surface area contributed by atoms with Crippen molar-refractivity contribution in [3.63, 3.8) is 0 Å². The zero-order valence-corrected chi connectivity index (χ0v) is 18.0. The number of carbonyl (C=O) groups excluding carboxylic acids is 2. The fourth-order valence-electron chi connectivity index (χ4n) is 4.13. The van der Waals surface area contributed by atoms with Crippen LogP contribution in [-0.4, -0.2) is 21.8 Å². The van der Waals surface area contributed by atoms with Crippen molar-refractivity contribution in [3.8, 4) is 0 Å². The molecule has 2 aromatic heterocycles. The van der Waals surface area contributed by atoms with E-state index in [0.717, 1.165) is 38.5 Å². The molecule has 164 valence electrons. The zero-order chi connectivity index (χ0) is 22.6. The van der Waals surface area contributed by atoms with E-state index in [9.17, 15) is 9.59 Å². The van der Waals surface area contributed by atoms with Crippen LogP contribution in [-0.2, 0) is 29.0 Å². The number of nitrogens with one attached hydrogen (secondary N) is 4. The molecular formula is C27H24N4O2. The first-order valence-corrected chi connectivity index (χ1v) is 10.9. The number of amides is 2. The predicted molar refractivity (Wildman–Crippen MR) is 131 cm³/mol. The smallest absolute Gasteiger partial charge is 0.228 e. The van der Waals surface area contributed by atoms with Crippen molar-refractivity contribution in [1.29, 1.82) is 0 Å². The number of para-hydroxylation sites is 2. The van der Waals surface area contributed by atoms with Crippen molar-refractivity contribution < 1.29 is 9.59 Å². The van der Waals surface area contributed by atoms with E-state index in [1.54, 1.807) is 0 Å². The summed E-state index contributed by atoms with van der Waals surface area (Å²) < 4.78 is 0. The second-order valence-corrected chi connectivity index (χ2v) is 8.10. The lowest BCUT2D eigenvalue weighted by Gasteiger charge is -2.09. The Labute approximate surface area is 191 Å². The van der Waals surface area contributed by atoms with E-state index < -0.39 is 0 Å². The molecule has 0 unspecified atom stereocenters. The number of aromatic nitrogens is 2. The molecule has 4 N–H and O–H groups in total. The van der Waals surface area contributed by atoms with E-state index in [-0.39, 0.29) is 18.2 Å². The third-order valence-corrected chi connectivity index (χ3v) is 5.75. The summed E-state index contributed by atoms with van der Waals surface area (Å²) >= 11 is 0. The molecule has 0 fully saturated rings. The molecule has 0 aliphatic carbocycles. The van der Waals surface area contributed by atoms with Gasteiger partial charge in [-0.25, -0.2) is 0 Å². The lowest BCUT2D eigenvalue weighted by molar-refractivity contribution is -0.120. The molecule has 0 bridgehead atoms. The average Bonchev–Trinajstić information content (AvgIpc) is 3.42. The van der Waals surface area contributed by atoms with Crippen molar-refractivity contribution in [3.05, 3.63) is 102 Å². The first kappa shape index (κ1) is 20.6. The monoisotopic (exact) mass is 436 g/mol. The van der Waals surface area contributed by atoms with Gasteiger partial charge in [0.15, 0.2) is 0 Å². The topological polar surface area (TPSA) is 89.8 Å². The number of rotatable bonds is 7. The maximum Gasteiger partial charge on any atom is 0.228 e. The van der Waals surface area contributed by atoms with Crippen LogP contribution in [0.3, 0.4) is 0 Å². The first-order valence-electron chi connectivity index (χ1n) is 10.9. The number of H-pyrrole nitrogens is 2. The number of hydrogen-bond acceptors (Lipinski definition) is 2. The second-order valence-electron chi connectivity index (χ2n) is 8.10. The Balaban J connectivity index is 1.17. The van der Waals surface area contributed by atoms with Crippen LogP contribution in [0.1, 0.15) is 16.7 Å². The summed E-state index contributed by atoms with van der Waals surface area (Å²) in [5.41, 5.74) is 5.61. The molecule has 0 aliphatic heterocycles. The molecule has 0 atom stereocenters. The quantitative estimate of drug-likeness (QED) is 0.298. The predicted octanol–water partition coefficient (Wildman–Crippen LogP) is 4.69. The van der Waals surface area contributed by atoms with Gasteiger partial charge in [0.1, 0.15) is 0 Å². The van der Waals surface area contributed by atoms with Gasteiger partial charge >= 0.3 is 0 Å². The Hall–Kier alpha value is -4.32. The van der Waals surface area contributed by atoms with Gasteiger partial charge in [0.2, 0.25) is 11.8 Å². The fraction of sp³-hybridized carbons (Fsp3) is 0.111. The van der Waals surface area contributed by atoms with Gasteiger partial charge in [-0.1, -0.05) is 48.5 Å². The van der Waals surface area contributed by atoms with Gasteiger partial charge in [0.05, 0.1) is 12.8 Å². The van der Waals surface area contributed by atoms with Crippen LogP contribution in [0.15, 0.2) is 85.2 Å². The molecule has 0 saturated carbocycles. The van der Waals surface area contributed by atoms with Gasteiger partial charge < -0.3 is 20.6 Å². The standard InChI is InChI=1S/C27H24N4O2/c32-26(13-19-16-28-24-10-3-1-8-22(19)24)30-15-18-6-5-7-21(12-18)31-27(33)14-20-17-29-25-11-4-2-9-23(20)25/h1-12,16-17,28-29H,13-15H2,(H,30,32)(H,31,33). The SMILES string of the molecule is O=C(Cc1c[nH]c2ccccc12)NCc1cccc(NC(=O)Cc2c[nH]c3ccccc23)c1. The number of carbonyl (C=O) groups is 2. The second kappa shape index (κ2) is 9.04. The number of fused-ring (bicyclic) bond motifs is 2. The van der Waals surface area contributed by atoms with Gasteiger partial charge in [0.25, 0.3) is 0 Å². The molecule has 5 rings (SSSR count). The summed E-state index contributed by atoms with van der Waals surface area (Å²) in [5.74, 6) is -0.131. The highest BCUT2D eigenvalue weighted by atomic mass is 16.2. The summed E-state index contributed by atoms with van der Waals surface area (Å²) in [6.45, 7) is 0.396. The molecule has 2 amide bonds. The van der Waals surface area contributed by atoms with E-state index >= 15 is 0 Å². The Morgan fingerprint density at radius 2 is 1.30 bits per heavy atom. The first-order chi connectivity index (χ1) is 16.2. The molecule has 2 heterocycles. The molecule has 0 aliphatic rings. The highest BCUT2D eigenvalue weighted by Gasteiger charge is 2.11. The van der Waals surface area contributed by atoms with Crippen LogP contribution in [0, 0.1) is 0 Å². The van der Waals surface area contributed by atoms with Gasteiger partial charge in [-0.2, -0.15) is 0 Å². The van der Waals surface area contributed by atoms with E-state index in [1.807, 2.05) is 85.2 Å². The Morgan fingerprint density at radius 3 is 1.97 bits per heavy atom. The summed E-state index contributed by atoms with van der Waals surface area (Å²) in [6.07, 6.45) is 4.36. The third kappa shape index (κ3) is 4.65. The van der Waals surface area contributed by atoms with Crippen molar-refractivity contribution in [2.24, 2.45) is 0 Å². The maximum absolute atomic E-state index is 12.6. The summed E-state index contributed by atoms with van der Waals surface area (Å²) in [5, 5.41) is 8.05. The zero-order valence-electron chi connectivity index (χ0n) is 18.0. The largest absolute Gasteiger partial charge is 0.361 e. The van der Waals surface area contributed by atoms with E-state index in [2.05, 4.69) is 20.6 Å². The minimum absolute atomic E-state index is 0.0477. The molecule has 0 radical (unpaired) electrons. The summed E-state index contributed by atoms with van der Waals surface area (Å²) in [7, 11) is 0. The highest BCUT2D eigenvalue weighted by Crippen LogP contribution is 2.20. The minimum atomic E-state index is -0.0831. The van der Waals surface area contributed by atoms with Gasteiger partial charge in [0, 0.05) is 46.4 Å². The molecule has 6 nitrogen and oxygen atoms in total. The van der Waals surface area contributed by atoms with Gasteiger partial charge in [-0.05, 0) is 41.0 Å². The molecule has 6 heteroatoms. The molecule has 0 saturated heterocycles. The van der Waals surface area contributed by atoms with Gasteiger partial charge in [-0.3, -0.25) is 9.59 Å². The maximum atomic E-state index is 12.6. The lowest BCUT2D eigenvalue weighted by Crippen LogP contribution is -2.24. The Morgan fingerprint density at radius 1 is 0.697 bits per heavy atom. The van der Waals surface area contributed by atoms with Crippen LogP contribution in [0.25, 0.3) is 21.8 Å². The van der Waals surface area contributed by atoms with Crippen molar-refractivity contribution in [2.75, 3.05) is 5.32 Å². The van der Waals surface area contributed by atoms with Crippen molar-refractivity contribution in [1.82, 2.24) is 15.3 Å². The molecule has 0 spiro atoms. The van der Waals surface area contributed by atoms with Gasteiger partial charge in [-0.15, -0.1) is 0 Å². The summed E-state index contributed by atoms with van der Waals surface area (Å²) in [6, 6.07) is 23.4. The average molecular weight is 437 g/mol. The minimum Gasteiger partial charge on any atom is -0.361 e. The van der Waals surface area contributed by atoms with E-state index in [1.165, 1.54) is 0 Å². The molecular weight excluding hydrogens is 412 g/mol. The van der Waals surface area contributed by atoms with Crippen LogP contribution in [0.2, 0.25) is 0 Å². The molecule has 3 aromatic carbocycles. The lowest BCUT2D eigenvalue weighted by atomic mass is 10.1. The van der Waals surface area contributed by atoms with Crippen molar-refractivity contribution >= 4 is 39.3 Å². The van der Waals surface area contributed by atoms with E-state index in [0.29, 0.717) is 18.7 Å². The summed E-state index contributed by atoms with van der Waals surface area (Å²) in [4.78, 5) is 31.5. The highest BCUT2D eigenvalue weighted by molar-refractivity contribution is 5.96. The van der Waals surface area contributed by atoms with Crippen LogP contribution in [0.5, 0.6) is 0 Å². The normalized spacial score (nSPS) is 11.0. The molecule has 5 aromatic rings. The van der Waals surface area contributed by atoms with Crippen molar-refractivity contribution in [2.45, 2.75) is 19.4 Å². The number of hydrogen-bond donors (Lipinski definition) is 4. The fourth-order valence-corrected chi connectivity index (χ4v) is 4.13. The number of benzene rings is 3. The Bertz CT molecular complexity index is 1450. The van der Waals surface area contributed by atoms with Crippen LogP contribution >= 0.6 is 0 Å². The molecule has 33 heavy (non-hydrogen) atoms. The number of aromatic amines is 2. The van der Waals surface area contributed by atoms with Crippen LogP contribution in [0.4, 0.5) is 5.69 Å². The Kier molecular flexibility index (Phi) is 5.64. The van der Waals surface area contributed by atoms with Crippen LogP contribution < -0.4 is 10.6 Å². The van der Waals surface area contributed by atoms with E-state index in [4.69, 9.17) is 0 Å². The number of anilines is 1.